The summed E-state index contributed by atoms with van der Waals surface area (Å²) >= 11 is 0. The van der Waals surface area contributed by atoms with Crippen molar-refractivity contribution in [3.05, 3.63) is 24.0 Å². The van der Waals surface area contributed by atoms with Gasteiger partial charge in [-0.15, -0.1) is 0 Å². The highest BCUT2D eigenvalue weighted by Crippen LogP contribution is 2.49. The lowest BCUT2D eigenvalue weighted by Gasteiger charge is -2.35. The molecule has 1 aliphatic heterocycles. The van der Waals surface area contributed by atoms with E-state index in [1.54, 1.807) is 0 Å². The van der Waals surface area contributed by atoms with Crippen LogP contribution >= 0.6 is 0 Å². The second-order valence-electron chi connectivity index (χ2n) is 7.72. The van der Waals surface area contributed by atoms with Gasteiger partial charge in [-0.1, -0.05) is 19.3 Å². The summed E-state index contributed by atoms with van der Waals surface area (Å²) in [7, 11) is 2.11. The number of aromatic nitrogens is 1. The van der Waals surface area contributed by atoms with Crippen LogP contribution in [-0.4, -0.2) is 21.9 Å². The first-order valence-corrected chi connectivity index (χ1v) is 9.15. The molecule has 3 heteroatoms. The van der Waals surface area contributed by atoms with Gasteiger partial charge in [0.05, 0.1) is 6.04 Å². The summed E-state index contributed by atoms with van der Waals surface area (Å²) in [6.45, 7) is 0.961. The third kappa shape index (κ3) is 2.39. The molecule has 0 radical (unpaired) electrons. The molecule has 0 unspecified atom stereocenters. The molecule has 3 fully saturated rings. The summed E-state index contributed by atoms with van der Waals surface area (Å²) in [5.41, 5.74) is 1.32. The topological polar surface area (TPSA) is 25.2 Å². The molecule has 120 valence electrons. The van der Waals surface area contributed by atoms with Gasteiger partial charge in [0, 0.05) is 31.4 Å². The summed E-state index contributed by atoms with van der Waals surface area (Å²) in [6, 6.07) is 4.62. The van der Waals surface area contributed by atoms with E-state index in [9.17, 15) is 4.79 Å². The number of aryl methyl sites for hydroxylation is 1. The van der Waals surface area contributed by atoms with Gasteiger partial charge in [-0.05, 0) is 56.1 Å². The number of rotatable bonds is 2. The van der Waals surface area contributed by atoms with Gasteiger partial charge in [0.1, 0.15) is 0 Å². The zero-order valence-corrected chi connectivity index (χ0v) is 13.7. The maximum absolute atomic E-state index is 13.3. The van der Waals surface area contributed by atoms with Crippen LogP contribution in [0.4, 0.5) is 0 Å². The van der Waals surface area contributed by atoms with Crippen LogP contribution in [0.15, 0.2) is 18.3 Å². The maximum atomic E-state index is 13.3. The average Bonchev–Trinajstić information content (AvgIpc) is 3.20. The lowest BCUT2D eigenvalue weighted by Crippen LogP contribution is -2.41. The van der Waals surface area contributed by atoms with E-state index in [2.05, 4.69) is 34.8 Å². The van der Waals surface area contributed by atoms with E-state index in [1.807, 2.05) is 0 Å². The van der Waals surface area contributed by atoms with Gasteiger partial charge in [0.2, 0.25) is 5.91 Å². The highest BCUT2D eigenvalue weighted by atomic mass is 16.2. The molecule has 4 rings (SSSR count). The lowest BCUT2D eigenvalue weighted by molar-refractivity contribution is -0.139. The number of amides is 1. The van der Waals surface area contributed by atoms with E-state index in [0.29, 0.717) is 23.8 Å². The SMILES string of the molecule is Cn1cccc1[C@@H]1CCCCCN1C(=O)[C@H]1C[C@H]2CC[C@H]1C2. The Labute approximate surface area is 133 Å². The molecule has 0 spiro atoms. The van der Waals surface area contributed by atoms with Gasteiger partial charge >= 0.3 is 0 Å². The molecule has 0 aromatic carbocycles. The van der Waals surface area contributed by atoms with Gasteiger partial charge in [-0.3, -0.25) is 4.79 Å². The van der Waals surface area contributed by atoms with Crippen LogP contribution in [0.3, 0.4) is 0 Å². The Morgan fingerprint density at radius 3 is 2.73 bits per heavy atom. The van der Waals surface area contributed by atoms with Crippen LogP contribution in [0.1, 0.15) is 63.1 Å². The van der Waals surface area contributed by atoms with Crippen LogP contribution in [0.2, 0.25) is 0 Å². The number of likely N-dealkylation sites (tertiary alicyclic amines) is 1. The molecule has 3 nitrogen and oxygen atoms in total. The third-order valence-electron chi connectivity index (χ3n) is 6.42. The largest absolute Gasteiger partial charge is 0.353 e. The van der Waals surface area contributed by atoms with Crippen molar-refractivity contribution >= 4 is 5.91 Å². The van der Waals surface area contributed by atoms with Crippen LogP contribution in [0.25, 0.3) is 0 Å². The van der Waals surface area contributed by atoms with Crippen LogP contribution in [-0.2, 0) is 11.8 Å². The van der Waals surface area contributed by atoms with Gasteiger partial charge in [0.25, 0.3) is 0 Å². The number of fused-ring (bicyclic) bond motifs is 2. The minimum absolute atomic E-state index is 0.300. The third-order valence-corrected chi connectivity index (χ3v) is 6.42. The van der Waals surface area contributed by atoms with Gasteiger partial charge < -0.3 is 9.47 Å². The Bertz CT molecular complexity index is 549. The number of carbonyl (C=O) groups is 1. The molecule has 1 amide bonds. The lowest BCUT2D eigenvalue weighted by atomic mass is 9.87. The first-order valence-electron chi connectivity index (χ1n) is 9.15. The Hall–Kier alpha value is -1.25. The summed E-state index contributed by atoms with van der Waals surface area (Å²) in [6.07, 6.45) is 12.1. The smallest absolute Gasteiger partial charge is 0.226 e. The average molecular weight is 300 g/mol. The number of nitrogens with zero attached hydrogens (tertiary/aromatic N) is 2. The van der Waals surface area contributed by atoms with Gasteiger partial charge in [0.15, 0.2) is 0 Å². The normalized spacial score (nSPS) is 34.9. The highest BCUT2D eigenvalue weighted by molar-refractivity contribution is 5.80. The fourth-order valence-electron chi connectivity index (χ4n) is 5.26. The van der Waals surface area contributed by atoms with Crippen molar-refractivity contribution in [2.75, 3.05) is 6.54 Å². The summed E-state index contributed by atoms with van der Waals surface area (Å²) < 4.78 is 2.21. The van der Waals surface area contributed by atoms with E-state index in [0.717, 1.165) is 18.9 Å². The molecule has 1 saturated heterocycles. The van der Waals surface area contributed by atoms with Crippen LogP contribution in [0.5, 0.6) is 0 Å². The zero-order valence-electron chi connectivity index (χ0n) is 13.7. The number of hydrogen-bond acceptors (Lipinski definition) is 1. The van der Waals surface area contributed by atoms with Crippen molar-refractivity contribution in [1.29, 1.82) is 0 Å². The quantitative estimate of drug-likeness (QED) is 0.813. The van der Waals surface area contributed by atoms with Gasteiger partial charge in [-0.25, -0.2) is 0 Å². The first-order chi connectivity index (χ1) is 10.7. The second-order valence-corrected chi connectivity index (χ2v) is 7.72. The predicted octanol–water partition coefficient (Wildman–Crippen LogP) is 3.91. The first kappa shape index (κ1) is 14.3. The monoisotopic (exact) mass is 300 g/mol. The second kappa shape index (κ2) is 5.75. The zero-order chi connectivity index (χ0) is 15.1. The number of hydrogen-bond donors (Lipinski definition) is 0. The van der Waals surface area contributed by atoms with E-state index < -0.39 is 0 Å². The van der Waals surface area contributed by atoms with Crippen molar-refractivity contribution < 1.29 is 4.79 Å². The summed E-state index contributed by atoms with van der Waals surface area (Å²) in [5, 5.41) is 0. The molecule has 2 bridgehead atoms. The van der Waals surface area contributed by atoms with E-state index in [4.69, 9.17) is 0 Å². The van der Waals surface area contributed by atoms with E-state index in [-0.39, 0.29) is 0 Å². The molecule has 1 aromatic heterocycles. The molecule has 0 N–H and O–H groups in total. The van der Waals surface area contributed by atoms with Crippen molar-refractivity contribution in [1.82, 2.24) is 9.47 Å². The molecule has 4 atom stereocenters. The van der Waals surface area contributed by atoms with Crippen LogP contribution in [0, 0.1) is 17.8 Å². The minimum Gasteiger partial charge on any atom is -0.353 e. The number of carbonyl (C=O) groups excluding carboxylic acids is 1. The molecule has 2 aliphatic carbocycles. The molecule has 22 heavy (non-hydrogen) atoms. The fraction of sp³-hybridized carbons (Fsp3) is 0.737. The maximum Gasteiger partial charge on any atom is 0.226 e. The van der Waals surface area contributed by atoms with Crippen LogP contribution < -0.4 is 0 Å². The van der Waals surface area contributed by atoms with Gasteiger partial charge in [-0.2, -0.15) is 0 Å². The van der Waals surface area contributed by atoms with Crippen molar-refractivity contribution in [3.8, 4) is 0 Å². The fourth-order valence-corrected chi connectivity index (χ4v) is 5.26. The van der Waals surface area contributed by atoms with Crippen molar-refractivity contribution in [3.63, 3.8) is 0 Å². The Morgan fingerprint density at radius 2 is 2.05 bits per heavy atom. The molecule has 2 heterocycles. The molecule has 1 aromatic rings. The highest BCUT2D eigenvalue weighted by Gasteiger charge is 2.45. The Morgan fingerprint density at radius 1 is 1.14 bits per heavy atom. The molecule has 2 saturated carbocycles. The standard InChI is InChI=1S/C19H28N2O/c1-20-10-5-7-17(20)18-6-3-2-4-11-21(18)19(22)16-13-14-8-9-15(16)12-14/h5,7,10,14-16,18H,2-4,6,8-9,11-13H2,1H3/t14-,15-,16-,18-/m0/s1. The summed E-state index contributed by atoms with van der Waals surface area (Å²) in [5.74, 6) is 2.34. The summed E-state index contributed by atoms with van der Waals surface area (Å²) in [4.78, 5) is 15.5. The Kier molecular flexibility index (Phi) is 3.75. The molecular weight excluding hydrogens is 272 g/mol. The molecular formula is C19H28N2O. The van der Waals surface area contributed by atoms with Crippen molar-refractivity contribution in [2.24, 2.45) is 24.8 Å². The minimum atomic E-state index is 0.300. The van der Waals surface area contributed by atoms with E-state index >= 15 is 0 Å². The van der Waals surface area contributed by atoms with Crippen molar-refractivity contribution in [2.45, 2.75) is 57.4 Å². The molecule has 3 aliphatic rings. The predicted molar refractivity (Wildman–Crippen MR) is 87.3 cm³/mol. The van der Waals surface area contributed by atoms with E-state index in [1.165, 1.54) is 50.6 Å². The Balaban J connectivity index is 1.59.